The van der Waals surface area contributed by atoms with Gasteiger partial charge in [0.2, 0.25) is 10.0 Å². The van der Waals surface area contributed by atoms with Crippen LogP contribution >= 0.6 is 0 Å². The van der Waals surface area contributed by atoms with E-state index in [1.165, 1.54) is 22.9 Å². The Morgan fingerprint density at radius 2 is 1.88 bits per heavy atom. The van der Waals surface area contributed by atoms with Crippen molar-refractivity contribution in [3.05, 3.63) is 64.6 Å². The maximum absolute atomic E-state index is 12.7. The van der Waals surface area contributed by atoms with Gasteiger partial charge in [0.1, 0.15) is 11.4 Å². The third-order valence-electron chi connectivity index (χ3n) is 4.63. The first-order valence-corrected chi connectivity index (χ1v) is 11.9. The molecule has 1 aromatic heterocycles. The minimum Gasteiger partial charge on any atom is -0.506 e. The summed E-state index contributed by atoms with van der Waals surface area (Å²) in [6, 6.07) is 12.7. The molecule has 1 heterocycles. The van der Waals surface area contributed by atoms with Gasteiger partial charge in [-0.15, -0.1) is 10.2 Å². The number of azo groups is 1. The van der Waals surface area contributed by atoms with Crippen LogP contribution in [-0.4, -0.2) is 42.6 Å². The predicted molar refractivity (Wildman–Crippen MR) is 124 cm³/mol. The van der Waals surface area contributed by atoms with Crippen molar-refractivity contribution in [1.82, 2.24) is 14.5 Å². The molecule has 0 atom stereocenters. The SMILES string of the molecule is Cc1[nH]n(-c2ccccc2)c(=O)c1N=Nc1cc(S(=O)(=O)NCCCOC(C)C)ccc1O. The number of aromatic nitrogens is 2. The van der Waals surface area contributed by atoms with Gasteiger partial charge in [-0.1, -0.05) is 18.2 Å². The monoisotopic (exact) mass is 473 g/mol. The minimum atomic E-state index is -3.82. The lowest BCUT2D eigenvalue weighted by Gasteiger charge is -2.09. The summed E-state index contributed by atoms with van der Waals surface area (Å²) in [4.78, 5) is 12.7. The van der Waals surface area contributed by atoms with Crippen LogP contribution in [0.5, 0.6) is 5.75 Å². The maximum atomic E-state index is 12.7. The van der Waals surface area contributed by atoms with E-state index in [0.717, 1.165) is 0 Å². The summed E-state index contributed by atoms with van der Waals surface area (Å²) < 4.78 is 34.4. The van der Waals surface area contributed by atoms with E-state index in [9.17, 15) is 18.3 Å². The van der Waals surface area contributed by atoms with Crippen LogP contribution in [0.1, 0.15) is 26.0 Å². The molecule has 0 saturated carbocycles. The summed E-state index contributed by atoms with van der Waals surface area (Å²) in [5, 5.41) is 21.0. The number of hydrogen-bond acceptors (Lipinski definition) is 7. The number of para-hydroxylation sites is 1. The van der Waals surface area contributed by atoms with Crippen molar-refractivity contribution in [2.24, 2.45) is 10.2 Å². The minimum absolute atomic E-state index is 0.0507. The molecule has 10 nitrogen and oxygen atoms in total. The third-order valence-corrected chi connectivity index (χ3v) is 6.09. The van der Waals surface area contributed by atoms with Gasteiger partial charge in [-0.25, -0.2) is 17.8 Å². The molecule has 176 valence electrons. The average molecular weight is 474 g/mol. The van der Waals surface area contributed by atoms with Crippen LogP contribution in [0.15, 0.2) is 68.4 Å². The number of phenols is 1. The van der Waals surface area contributed by atoms with Crippen molar-refractivity contribution in [3.8, 4) is 11.4 Å². The Morgan fingerprint density at radius 1 is 1.15 bits per heavy atom. The molecule has 3 rings (SSSR count). The number of sulfonamides is 1. The molecule has 0 radical (unpaired) electrons. The Labute approximate surface area is 192 Å². The fraction of sp³-hybridized carbons (Fsp3) is 0.318. The molecule has 0 bridgehead atoms. The molecule has 3 aromatic rings. The second-order valence-corrected chi connectivity index (χ2v) is 9.35. The Kier molecular flexibility index (Phi) is 7.79. The second kappa shape index (κ2) is 10.6. The Balaban J connectivity index is 1.79. The van der Waals surface area contributed by atoms with Crippen LogP contribution in [0.3, 0.4) is 0 Å². The lowest BCUT2D eigenvalue weighted by atomic mass is 10.3. The van der Waals surface area contributed by atoms with Crippen LogP contribution in [0.2, 0.25) is 0 Å². The van der Waals surface area contributed by atoms with Gasteiger partial charge in [-0.05, 0) is 57.5 Å². The number of phenolic OH excluding ortho intramolecular Hbond substituents is 1. The van der Waals surface area contributed by atoms with E-state index in [-0.39, 0.29) is 34.7 Å². The highest BCUT2D eigenvalue weighted by Gasteiger charge is 2.17. The number of hydrogen-bond donors (Lipinski definition) is 3. The summed E-state index contributed by atoms with van der Waals surface area (Å²) in [5.74, 6) is -0.264. The van der Waals surface area contributed by atoms with Crippen molar-refractivity contribution in [1.29, 1.82) is 0 Å². The molecule has 0 spiro atoms. The molecule has 0 aliphatic rings. The number of rotatable bonds is 10. The number of aryl methyl sites for hydroxylation is 1. The van der Waals surface area contributed by atoms with E-state index in [0.29, 0.717) is 24.4 Å². The third kappa shape index (κ3) is 6.15. The fourth-order valence-electron chi connectivity index (χ4n) is 2.95. The molecule has 3 N–H and O–H groups in total. The molecule has 0 amide bonds. The van der Waals surface area contributed by atoms with E-state index in [4.69, 9.17) is 4.74 Å². The molecule has 11 heteroatoms. The summed E-state index contributed by atoms with van der Waals surface area (Å²) in [5.41, 5.74) is 0.659. The van der Waals surface area contributed by atoms with Crippen LogP contribution in [0, 0.1) is 6.92 Å². The van der Waals surface area contributed by atoms with Crippen molar-refractivity contribution in [2.45, 2.75) is 38.2 Å². The highest BCUT2D eigenvalue weighted by molar-refractivity contribution is 7.89. The van der Waals surface area contributed by atoms with E-state index < -0.39 is 15.6 Å². The smallest absolute Gasteiger partial charge is 0.299 e. The van der Waals surface area contributed by atoms with Gasteiger partial charge in [-0.2, -0.15) is 0 Å². The van der Waals surface area contributed by atoms with Crippen LogP contribution in [-0.2, 0) is 14.8 Å². The first-order valence-electron chi connectivity index (χ1n) is 10.4. The van der Waals surface area contributed by atoms with Crippen molar-refractivity contribution >= 4 is 21.4 Å². The number of aromatic hydroxyl groups is 1. The van der Waals surface area contributed by atoms with Crippen LogP contribution in [0.4, 0.5) is 11.4 Å². The Hall–Kier alpha value is -3.28. The standard InChI is InChI=1S/C22H27N5O5S/c1-15(2)32-13-7-12-23-33(30,31)18-10-11-20(28)19(14-18)24-25-21-16(3)26-27(22(21)29)17-8-5-4-6-9-17/h4-6,8-11,14-15,23,26,28H,7,12-13H2,1-3H3. The molecular formula is C22H27N5O5S. The number of benzene rings is 2. The molecular weight excluding hydrogens is 446 g/mol. The summed E-state index contributed by atoms with van der Waals surface area (Å²) in [7, 11) is -3.82. The lowest BCUT2D eigenvalue weighted by Crippen LogP contribution is -2.25. The van der Waals surface area contributed by atoms with Crippen LogP contribution < -0.4 is 10.3 Å². The van der Waals surface area contributed by atoms with Gasteiger partial charge in [0.25, 0.3) is 5.56 Å². The zero-order chi connectivity index (χ0) is 24.0. The molecule has 0 unspecified atom stereocenters. The summed E-state index contributed by atoms with van der Waals surface area (Å²) >= 11 is 0. The molecule has 2 aromatic carbocycles. The molecule has 0 saturated heterocycles. The summed E-state index contributed by atoms with van der Waals surface area (Å²) in [6.45, 7) is 6.12. The van der Waals surface area contributed by atoms with Crippen molar-refractivity contribution in [3.63, 3.8) is 0 Å². The normalized spacial score (nSPS) is 12.1. The van der Waals surface area contributed by atoms with Crippen molar-refractivity contribution in [2.75, 3.05) is 13.2 Å². The highest BCUT2D eigenvalue weighted by Crippen LogP contribution is 2.30. The molecule has 0 aliphatic carbocycles. The quantitative estimate of drug-likeness (QED) is 0.304. The number of aromatic amines is 1. The Bertz CT molecular complexity index is 1280. The maximum Gasteiger partial charge on any atom is 0.299 e. The zero-order valence-corrected chi connectivity index (χ0v) is 19.5. The van der Waals surface area contributed by atoms with Gasteiger partial charge in [0, 0.05) is 13.2 Å². The number of ether oxygens (including phenoxy) is 1. The van der Waals surface area contributed by atoms with E-state index in [1.807, 2.05) is 19.9 Å². The molecule has 0 aliphatic heterocycles. The zero-order valence-electron chi connectivity index (χ0n) is 18.6. The van der Waals surface area contributed by atoms with Crippen LogP contribution in [0.25, 0.3) is 5.69 Å². The van der Waals surface area contributed by atoms with E-state index in [1.54, 1.807) is 31.2 Å². The van der Waals surface area contributed by atoms with Crippen molar-refractivity contribution < 1.29 is 18.3 Å². The van der Waals surface area contributed by atoms with Gasteiger partial charge in [0.05, 0.1) is 22.4 Å². The van der Waals surface area contributed by atoms with Gasteiger partial charge in [-0.3, -0.25) is 9.89 Å². The van der Waals surface area contributed by atoms with Gasteiger partial charge < -0.3 is 9.84 Å². The highest BCUT2D eigenvalue weighted by atomic mass is 32.2. The van der Waals surface area contributed by atoms with E-state index >= 15 is 0 Å². The Morgan fingerprint density at radius 3 is 2.58 bits per heavy atom. The van der Waals surface area contributed by atoms with Gasteiger partial charge in [0.15, 0.2) is 5.69 Å². The average Bonchev–Trinajstić information content (AvgIpc) is 3.06. The fourth-order valence-corrected chi connectivity index (χ4v) is 4.04. The van der Waals surface area contributed by atoms with E-state index in [2.05, 4.69) is 20.0 Å². The number of nitrogens with one attached hydrogen (secondary N) is 2. The topological polar surface area (TPSA) is 138 Å². The van der Waals surface area contributed by atoms with Gasteiger partial charge >= 0.3 is 0 Å². The molecule has 0 fully saturated rings. The number of nitrogens with zero attached hydrogens (tertiary/aromatic N) is 3. The predicted octanol–water partition coefficient (Wildman–Crippen LogP) is 3.69. The number of H-pyrrole nitrogens is 1. The largest absolute Gasteiger partial charge is 0.506 e. The first kappa shape index (κ1) is 24.4. The molecule has 33 heavy (non-hydrogen) atoms. The lowest BCUT2D eigenvalue weighted by molar-refractivity contribution is 0.0778. The first-order chi connectivity index (χ1) is 15.7. The second-order valence-electron chi connectivity index (χ2n) is 7.58. The summed E-state index contributed by atoms with van der Waals surface area (Å²) in [6.07, 6.45) is 0.592.